The van der Waals surface area contributed by atoms with E-state index in [1.807, 2.05) is 24.3 Å². The molecular weight excluding hydrogens is 278 g/mol. The molecule has 1 aliphatic heterocycles. The highest BCUT2D eigenvalue weighted by Gasteiger charge is 2.24. The maximum atomic E-state index is 12.1. The minimum Gasteiger partial charge on any atom is -0.496 e. The summed E-state index contributed by atoms with van der Waals surface area (Å²) in [6.45, 7) is 0.625. The van der Waals surface area contributed by atoms with Gasteiger partial charge in [-0.05, 0) is 18.1 Å². The summed E-state index contributed by atoms with van der Waals surface area (Å²) >= 11 is 0. The summed E-state index contributed by atoms with van der Waals surface area (Å²) < 4.78 is 27.9. The van der Waals surface area contributed by atoms with Crippen molar-refractivity contribution < 1.29 is 17.9 Å². The van der Waals surface area contributed by atoms with Crippen LogP contribution in [-0.2, 0) is 21.1 Å². The topological polar surface area (TPSA) is 63.7 Å². The van der Waals surface area contributed by atoms with Crippen LogP contribution >= 0.6 is 0 Å². The summed E-state index contributed by atoms with van der Waals surface area (Å²) in [4.78, 5) is 13.7. The first-order valence-electron chi connectivity index (χ1n) is 6.62. The van der Waals surface area contributed by atoms with Crippen molar-refractivity contribution in [3.05, 3.63) is 29.8 Å². The normalized spacial score (nSPS) is 17.8. The first-order valence-corrected chi connectivity index (χ1v) is 8.44. The lowest BCUT2D eigenvalue weighted by molar-refractivity contribution is -0.130. The fraction of sp³-hybridized carbons (Fsp3) is 0.500. The van der Waals surface area contributed by atoms with Gasteiger partial charge in [0, 0.05) is 19.5 Å². The van der Waals surface area contributed by atoms with Crippen LogP contribution in [0.3, 0.4) is 0 Å². The molecule has 1 amide bonds. The van der Waals surface area contributed by atoms with E-state index >= 15 is 0 Å². The zero-order valence-electron chi connectivity index (χ0n) is 11.5. The maximum absolute atomic E-state index is 12.1. The zero-order chi connectivity index (χ0) is 14.6. The van der Waals surface area contributed by atoms with E-state index in [-0.39, 0.29) is 17.4 Å². The van der Waals surface area contributed by atoms with Crippen LogP contribution in [0.15, 0.2) is 24.3 Å². The number of carbonyl (C=O) groups excluding carboxylic acids is 1. The summed E-state index contributed by atoms with van der Waals surface area (Å²) in [7, 11) is -1.33. The minimum atomic E-state index is -2.94. The molecule has 1 saturated heterocycles. The van der Waals surface area contributed by atoms with Gasteiger partial charge in [-0.1, -0.05) is 18.2 Å². The second-order valence-electron chi connectivity index (χ2n) is 4.84. The molecule has 0 spiro atoms. The van der Waals surface area contributed by atoms with Gasteiger partial charge >= 0.3 is 0 Å². The lowest BCUT2D eigenvalue weighted by Crippen LogP contribution is -2.43. The van der Waals surface area contributed by atoms with Crippen LogP contribution in [-0.4, -0.2) is 50.9 Å². The number of amides is 1. The largest absolute Gasteiger partial charge is 0.496 e. The molecule has 6 heteroatoms. The number of methoxy groups -OCH3 is 1. The Morgan fingerprint density at radius 2 is 1.90 bits per heavy atom. The lowest BCUT2D eigenvalue weighted by Gasteiger charge is -2.26. The molecule has 1 aromatic carbocycles. The first kappa shape index (κ1) is 14.8. The summed E-state index contributed by atoms with van der Waals surface area (Å²) in [5.74, 6) is 0.938. The molecule has 1 fully saturated rings. The lowest BCUT2D eigenvalue weighted by atomic mass is 10.1. The van der Waals surface area contributed by atoms with Gasteiger partial charge in [0.25, 0.3) is 0 Å². The minimum absolute atomic E-state index is 0.00538. The van der Waals surface area contributed by atoms with Crippen LogP contribution in [0, 0.1) is 0 Å². The van der Waals surface area contributed by atoms with E-state index in [9.17, 15) is 13.2 Å². The number of para-hydroxylation sites is 1. The molecule has 0 atom stereocenters. The molecule has 0 saturated carbocycles. The number of rotatable bonds is 4. The third-order valence-corrected chi connectivity index (χ3v) is 5.11. The van der Waals surface area contributed by atoms with Crippen LogP contribution in [0.2, 0.25) is 0 Å². The van der Waals surface area contributed by atoms with E-state index in [0.29, 0.717) is 25.9 Å². The maximum Gasteiger partial charge on any atom is 0.222 e. The number of benzene rings is 1. The fourth-order valence-electron chi connectivity index (χ4n) is 2.27. The van der Waals surface area contributed by atoms with Crippen molar-refractivity contribution in [2.75, 3.05) is 31.7 Å². The Hall–Kier alpha value is -1.56. The molecule has 1 aliphatic rings. The van der Waals surface area contributed by atoms with E-state index in [2.05, 4.69) is 0 Å². The smallest absolute Gasteiger partial charge is 0.222 e. The molecule has 0 aromatic heterocycles. The Kier molecular flexibility index (Phi) is 4.65. The van der Waals surface area contributed by atoms with Gasteiger partial charge in [0.05, 0.1) is 18.6 Å². The molecule has 20 heavy (non-hydrogen) atoms. The molecule has 0 unspecified atom stereocenters. The first-order chi connectivity index (χ1) is 9.52. The van der Waals surface area contributed by atoms with Crippen LogP contribution in [0.5, 0.6) is 5.75 Å². The van der Waals surface area contributed by atoms with E-state index in [4.69, 9.17) is 4.74 Å². The Bertz CT molecular complexity index is 569. The van der Waals surface area contributed by atoms with Crippen LogP contribution in [0.25, 0.3) is 0 Å². The van der Waals surface area contributed by atoms with Gasteiger partial charge in [-0.3, -0.25) is 4.79 Å². The molecule has 1 aromatic rings. The summed E-state index contributed by atoms with van der Waals surface area (Å²) in [5.41, 5.74) is 0.994. The SMILES string of the molecule is COc1ccccc1CCC(=O)N1CCS(=O)(=O)CC1. The Balaban J connectivity index is 1.89. The van der Waals surface area contributed by atoms with E-state index in [1.165, 1.54) is 0 Å². The fourth-order valence-corrected chi connectivity index (χ4v) is 3.47. The molecule has 0 aliphatic carbocycles. The highest BCUT2D eigenvalue weighted by Crippen LogP contribution is 2.19. The van der Waals surface area contributed by atoms with Gasteiger partial charge in [0.2, 0.25) is 5.91 Å². The molecule has 2 rings (SSSR count). The number of aryl methyl sites for hydroxylation is 1. The van der Waals surface area contributed by atoms with E-state index in [0.717, 1.165) is 11.3 Å². The van der Waals surface area contributed by atoms with Crippen LogP contribution in [0.4, 0.5) is 0 Å². The number of ether oxygens (including phenoxy) is 1. The highest BCUT2D eigenvalue weighted by molar-refractivity contribution is 7.91. The predicted molar refractivity (Wildman–Crippen MR) is 76.5 cm³/mol. The number of sulfone groups is 1. The van der Waals surface area contributed by atoms with Crippen LogP contribution < -0.4 is 4.74 Å². The average Bonchev–Trinajstić information content (AvgIpc) is 2.45. The number of hydrogen-bond donors (Lipinski definition) is 0. The second-order valence-corrected chi connectivity index (χ2v) is 7.15. The Labute approximate surface area is 119 Å². The van der Waals surface area contributed by atoms with Gasteiger partial charge in [0.15, 0.2) is 9.84 Å². The summed E-state index contributed by atoms with van der Waals surface area (Å²) in [6.07, 6.45) is 0.979. The van der Waals surface area contributed by atoms with Gasteiger partial charge in [-0.15, -0.1) is 0 Å². The molecular formula is C14H19NO4S. The van der Waals surface area contributed by atoms with Crippen molar-refractivity contribution in [3.63, 3.8) is 0 Å². The number of nitrogens with zero attached hydrogens (tertiary/aromatic N) is 1. The molecule has 5 nitrogen and oxygen atoms in total. The van der Waals surface area contributed by atoms with Crippen molar-refractivity contribution >= 4 is 15.7 Å². The number of hydrogen-bond acceptors (Lipinski definition) is 4. The van der Waals surface area contributed by atoms with Gasteiger partial charge in [-0.25, -0.2) is 8.42 Å². The molecule has 110 valence electrons. The highest BCUT2D eigenvalue weighted by atomic mass is 32.2. The third kappa shape index (κ3) is 3.72. The van der Waals surface area contributed by atoms with Crippen molar-refractivity contribution in [1.29, 1.82) is 0 Å². The Morgan fingerprint density at radius 3 is 2.55 bits per heavy atom. The summed E-state index contributed by atoms with van der Waals surface area (Å²) in [6, 6.07) is 7.61. The van der Waals surface area contributed by atoms with Crippen molar-refractivity contribution in [3.8, 4) is 5.75 Å². The van der Waals surface area contributed by atoms with Gasteiger partial charge < -0.3 is 9.64 Å². The molecule has 0 N–H and O–H groups in total. The van der Waals surface area contributed by atoms with Crippen molar-refractivity contribution in [1.82, 2.24) is 4.90 Å². The quantitative estimate of drug-likeness (QED) is 0.828. The molecule has 0 bridgehead atoms. The van der Waals surface area contributed by atoms with Crippen LogP contribution in [0.1, 0.15) is 12.0 Å². The van der Waals surface area contributed by atoms with Crippen molar-refractivity contribution in [2.24, 2.45) is 0 Å². The zero-order valence-corrected chi connectivity index (χ0v) is 12.4. The second kappa shape index (κ2) is 6.26. The number of carbonyl (C=O) groups is 1. The summed E-state index contributed by atoms with van der Waals surface area (Å²) in [5, 5.41) is 0. The monoisotopic (exact) mass is 297 g/mol. The Morgan fingerprint density at radius 1 is 1.25 bits per heavy atom. The standard InChI is InChI=1S/C14H19NO4S/c1-19-13-5-3-2-4-12(13)6-7-14(16)15-8-10-20(17,18)11-9-15/h2-5H,6-11H2,1H3. The molecule has 0 radical (unpaired) electrons. The molecule has 1 heterocycles. The average molecular weight is 297 g/mol. The third-order valence-electron chi connectivity index (χ3n) is 3.50. The van der Waals surface area contributed by atoms with E-state index in [1.54, 1.807) is 12.0 Å². The van der Waals surface area contributed by atoms with Crippen molar-refractivity contribution in [2.45, 2.75) is 12.8 Å². The van der Waals surface area contributed by atoms with E-state index < -0.39 is 9.84 Å². The van der Waals surface area contributed by atoms with Gasteiger partial charge in [0.1, 0.15) is 5.75 Å². The predicted octanol–water partition coefficient (Wildman–Crippen LogP) is 0.885. The van der Waals surface area contributed by atoms with Gasteiger partial charge in [-0.2, -0.15) is 0 Å².